The van der Waals surface area contributed by atoms with Crippen LogP contribution in [0.5, 0.6) is 11.5 Å². The molecule has 0 amide bonds. The Balaban J connectivity index is 1.71. The van der Waals surface area contributed by atoms with E-state index in [0.29, 0.717) is 5.56 Å². The molecule has 3 heterocycles. The Labute approximate surface area is 128 Å². The zero-order chi connectivity index (χ0) is 14.9. The number of benzene rings is 1. The Bertz CT molecular complexity index is 754. The molecular weight excluding hydrogens is 278 g/mol. The van der Waals surface area contributed by atoms with Gasteiger partial charge in [-0.25, -0.2) is 4.98 Å². The van der Waals surface area contributed by atoms with Gasteiger partial charge in [0, 0.05) is 12.7 Å². The van der Waals surface area contributed by atoms with Crippen LogP contribution in [-0.4, -0.2) is 18.3 Å². The number of anilines is 1. The van der Waals surface area contributed by atoms with Gasteiger partial charge in [-0.2, -0.15) is 5.26 Å². The normalized spacial score (nSPS) is 19.2. The van der Waals surface area contributed by atoms with Crippen molar-refractivity contribution in [3.63, 3.8) is 0 Å². The average Bonchev–Trinajstić information content (AvgIpc) is 3.22. The van der Waals surface area contributed by atoms with Crippen molar-refractivity contribution in [2.24, 2.45) is 0 Å². The molecule has 1 aromatic heterocycles. The SMILES string of the molecule is N#Cc1cccnc1N1CCC[C@@H]1c1ccc2c(c1)OCO2. The van der Waals surface area contributed by atoms with Crippen molar-refractivity contribution in [3.05, 3.63) is 47.7 Å². The van der Waals surface area contributed by atoms with Crippen LogP contribution in [0.3, 0.4) is 0 Å². The highest BCUT2D eigenvalue weighted by Gasteiger charge is 2.29. The third-order valence-corrected chi connectivity index (χ3v) is 4.21. The smallest absolute Gasteiger partial charge is 0.231 e. The maximum absolute atomic E-state index is 9.31. The third kappa shape index (κ3) is 2.04. The van der Waals surface area contributed by atoms with E-state index in [2.05, 4.69) is 22.0 Å². The zero-order valence-corrected chi connectivity index (χ0v) is 12.0. The summed E-state index contributed by atoms with van der Waals surface area (Å²) in [6.07, 6.45) is 3.87. The van der Waals surface area contributed by atoms with E-state index >= 15 is 0 Å². The van der Waals surface area contributed by atoms with Crippen molar-refractivity contribution in [3.8, 4) is 17.6 Å². The number of rotatable bonds is 2. The van der Waals surface area contributed by atoms with Crippen LogP contribution >= 0.6 is 0 Å². The maximum atomic E-state index is 9.31. The molecule has 2 aromatic rings. The first kappa shape index (κ1) is 13.0. The zero-order valence-electron chi connectivity index (χ0n) is 12.0. The minimum absolute atomic E-state index is 0.219. The Hall–Kier alpha value is -2.74. The van der Waals surface area contributed by atoms with Crippen LogP contribution < -0.4 is 14.4 Å². The number of nitriles is 1. The average molecular weight is 293 g/mol. The Morgan fingerprint density at radius 3 is 3.05 bits per heavy atom. The van der Waals surface area contributed by atoms with Gasteiger partial charge in [0.05, 0.1) is 11.6 Å². The molecule has 5 heteroatoms. The predicted octanol–water partition coefficient (Wildman–Crippen LogP) is 3.02. The number of nitrogens with zero attached hydrogens (tertiary/aromatic N) is 3. The second-order valence-electron chi connectivity index (χ2n) is 5.45. The third-order valence-electron chi connectivity index (χ3n) is 4.21. The van der Waals surface area contributed by atoms with Crippen LogP contribution in [0, 0.1) is 11.3 Å². The fourth-order valence-corrected chi connectivity index (χ4v) is 3.20. The van der Waals surface area contributed by atoms with E-state index in [4.69, 9.17) is 9.47 Å². The standard InChI is InChI=1S/C17H15N3O2/c18-10-13-3-1-7-19-17(13)20-8-2-4-14(20)12-5-6-15-16(9-12)22-11-21-15/h1,3,5-7,9,14H,2,4,8,11H2/t14-/m1/s1. The molecule has 0 aliphatic carbocycles. The molecule has 1 fully saturated rings. The summed E-state index contributed by atoms with van der Waals surface area (Å²) in [6.45, 7) is 1.19. The van der Waals surface area contributed by atoms with E-state index in [1.807, 2.05) is 18.2 Å². The van der Waals surface area contributed by atoms with E-state index in [9.17, 15) is 5.26 Å². The lowest BCUT2D eigenvalue weighted by Crippen LogP contribution is -2.24. The molecule has 2 aliphatic rings. The summed E-state index contributed by atoms with van der Waals surface area (Å²) in [7, 11) is 0. The summed E-state index contributed by atoms with van der Waals surface area (Å²) in [5, 5.41) is 9.31. The lowest BCUT2D eigenvalue weighted by atomic mass is 10.0. The molecule has 0 bridgehead atoms. The molecule has 1 atom stereocenters. The van der Waals surface area contributed by atoms with Gasteiger partial charge >= 0.3 is 0 Å². The van der Waals surface area contributed by atoms with E-state index < -0.39 is 0 Å². The van der Waals surface area contributed by atoms with Crippen molar-refractivity contribution < 1.29 is 9.47 Å². The number of hydrogen-bond donors (Lipinski definition) is 0. The monoisotopic (exact) mass is 293 g/mol. The number of pyridine rings is 1. The Kier molecular flexibility index (Phi) is 3.08. The molecule has 2 aliphatic heterocycles. The molecule has 22 heavy (non-hydrogen) atoms. The second kappa shape index (κ2) is 5.23. The topological polar surface area (TPSA) is 58.4 Å². The minimum Gasteiger partial charge on any atom is -0.454 e. The fraction of sp³-hybridized carbons (Fsp3) is 0.294. The van der Waals surface area contributed by atoms with E-state index in [1.165, 1.54) is 5.56 Å². The summed E-state index contributed by atoms with van der Waals surface area (Å²) >= 11 is 0. The number of ether oxygens (including phenoxy) is 2. The first-order valence-corrected chi connectivity index (χ1v) is 7.38. The van der Waals surface area contributed by atoms with E-state index in [-0.39, 0.29) is 12.8 Å². The molecule has 4 rings (SSSR count). The Morgan fingerprint density at radius 2 is 2.14 bits per heavy atom. The van der Waals surface area contributed by atoms with Gasteiger partial charge in [-0.15, -0.1) is 0 Å². The second-order valence-corrected chi connectivity index (χ2v) is 5.45. The van der Waals surface area contributed by atoms with Crippen molar-refractivity contribution in [2.45, 2.75) is 18.9 Å². The van der Waals surface area contributed by atoms with Gasteiger partial charge < -0.3 is 14.4 Å². The minimum atomic E-state index is 0.219. The molecule has 1 saturated heterocycles. The number of aromatic nitrogens is 1. The van der Waals surface area contributed by atoms with Gasteiger partial charge in [0.25, 0.3) is 0 Å². The fourth-order valence-electron chi connectivity index (χ4n) is 3.20. The molecule has 0 saturated carbocycles. The van der Waals surface area contributed by atoms with Gasteiger partial charge in [-0.3, -0.25) is 0 Å². The summed E-state index contributed by atoms with van der Waals surface area (Å²) in [4.78, 5) is 6.65. The highest BCUT2D eigenvalue weighted by Crippen LogP contribution is 2.40. The van der Waals surface area contributed by atoms with Gasteiger partial charge in [0.2, 0.25) is 6.79 Å². The first-order valence-electron chi connectivity index (χ1n) is 7.38. The van der Waals surface area contributed by atoms with Gasteiger partial charge in [0.15, 0.2) is 11.5 Å². The van der Waals surface area contributed by atoms with Gasteiger partial charge in [0.1, 0.15) is 11.9 Å². The van der Waals surface area contributed by atoms with Crippen LogP contribution in [0.1, 0.15) is 30.0 Å². The molecule has 0 spiro atoms. The van der Waals surface area contributed by atoms with Crippen LogP contribution in [0.2, 0.25) is 0 Å². The quantitative estimate of drug-likeness (QED) is 0.852. The van der Waals surface area contributed by atoms with Crippen LogP contribution in [-0.2, 0) is 0 Å². The van der Waals surface area contributed by atoms with Crippen LogP contribution in [0.25, 0.3) is 0 Å². The molecule has 0 radical (unpaired) electrons. The van der Waals surface area contributed by atoms with Crippen LogP contribution in [0.15, 0.2) is 36.5 Å². The molecule has 0 unspecified atom stereocenters. The number of hydrogen-bond acceptors (Lipinski definition) is 5. The maximum Gasteiger partial charge on any atom is 0.231 e. The highest BCUT2D eigenvalue weighted by molar-refractivity contribution is 5.56. The van der Waals surface area contributed by atoms with Crippen molar-refractivity contribution in [1.82, 2.24) is 4.98 Å². The number of fused-ring (bicyclic) bond motifs is 1. The molecule has 110 valence electrons. The van der Waals surface area contributed by atoms with E-state index in [0.717, 1.165) is 36.7 Å². The molecule has 5 nitrogen and oxygen atoms in total. The van der Waals surface area contributed by atoms with Gasteiger partial charge in [-0.1, -0.05) is 6.07 Å². The predicted molar refractivity (Wildman–Crippen MR) is 80.8 cm³/mol. The summed E-state index contributed by atoms with van der Waals surface area (Å²) in [5.74, 6) is 2.36. The Morgan fingerprint density at radius 1 is 1.23 bits per heavy atom. The van der Waals surface area contributed by atoms with Crippen molar-refractivity contribution >= 4 is 5.82 Å². The van der Waals surface area contributed by atoms with Crippen molar-refractivity contribution in [1.29, 1.82) is 5.26 Å². The molecular formula is C17H15N3O2. The first-order chi connectivity index (χ1) is 10.9. The van der Waals surface area contributed by atoms with Crippen LogP contribution in [0.4, 0.5) is 5.82 Å². The lowest BCUT2D eigenvalue weighted by Gasteiger charge is -2.26. The summed E-state index contributed by atoms with van der Waals surface area (Å²) in [6, 6.07) is 12.1. The summed E-state index contributed by atoms with van der Waals surface area (Å²) < 4.78 is 10.8. The van der Waals surface area contributed by atoms with Crippen molar-refractivity contribution in [2.75, 3.05) is 18.2 Å². The molecule has 1 aromatic carbocycles. The largest absolute Gasteiger partial charge is 0.454 e. The van der Waals surface area contributed by atoms with E-state index in [1.54, 1.807) is 12.3 Å². The molecule has 0 N–H and O–H groups in total. The van der Waals surface area contributed by atoms with Gasteiger partial charge in [-0.05, 0) is 42.7 Å². The highest BCUT2D eigenvalue weighted by atomic mass is 16.7. The summed E-state index contributed by atoms with van der Waals surface area (Å²) in [5.41, 5.74) is 1.80. The lowest BCUT2D eigenvalue weighted by molar-refractivity contribution is 0.174.